The van der Waals surface area contributed by atoms with Gasteiger partial charge in [0.25, 0.3) is 5.56 Å². The van der Waals surface area contributed by atoms with E-state index in [1.165, 1.54) is 18.2 Å². The van der Waals surface area contributed by atoms with E-state index in [1.54, 1.807) is 10.9 Å². The molecule has 94 valence electrons. The van der Waals surface area contributed by atoms with Gasteiger partial charge in [0, 0.05) is 6.54 Å². The van der Waals surface area contributed by atoms with Crippen molar-refractivity contribution in [3.8, 4) is 0 Å². The first-order valence-corrected chi connectivity index (χ1v) is 6.13. The number of nitrogens with one attached hydrogen (secondary N) is 1. The fraction of sp³-hybridized carbons (Fsp3) is 0.385. The van der Waals surface area contributed by atoms with Gasteiger partial charge < -0.3 is 5.32 Å². The lowest BCUT2D eigenvalue weighted by molar-refractivity contribution is 0.363. The van der Waals surface area contributed by atoms with Gasteiger partial charge in [-0.3, -0.25) is 9.36 Å². The maximum atomic E-state index is 13.2. The van der Waals surface area contributed by atoms with Gasteiger partial charge in [-0.2, -0.15) is 0 Å². The van der Waals surface area contributed by atoms with Crippen LogP contribution in [0.3, 0.4) is 0 Å². The maximum Gasteiger partial charge on any atom is 0.261 e. The van der Waals surface area contributed by atoms with Crippen LogP contribution in [0.5, 0.6) is 0 Å². The molecule has 2 aromatic rings. The number of fused-ring (bicyclic) bond motifs is 1. The van der Waals surface area contributed by atoms with Crippen molar-refractivity contribution in [1.82, 2.24) is 14.9 Å². The number of rotatable bonds is 1. The third kappa shape index (κ3) is 1.90. The fourth-order valence-corrected chi connectivity index (χ4v) is 2.44. The molecular weight excluding hydrogens is 233 g/mol. The van der Waals surface area contributed by atoms with E-state index in [0.717, 1.165) is 25.9 Å². The molecule has 18 heavy (non-hydrogen) atoms. The molecule has 1 aromatic carbocycles. The number of benzene rings is 1. The van der Waals surface area contributed by atoms with Crippen molar-refractivity contribution in [2.75, 3.05) is 13.1 Å². The highest BCUT2D eigenvalue weighted by Gasteiger charge is 2.17. The smallest absolute Gasteiger partial charge is 0.261 e. The largest absolute Gasteiger partial charge is 0.315 e. The molecule has 1 aliphatic rings. The van der Waals surface area contributed by atoms with Crippen LogP contribution in [0, 0.1) is 5.82 Å². The Morgan fingerprint density at radius 3 is 3.11 bits per heavy atom. The van der Waals surface area contributed by atoms with Gasteiger partial charge in [0.1, 0.15) is 5.82 Å². The summed E-state index contributed by atoms with van der Waals surface area (Å²) in [5.74, 6) is -0.402. The Morgan fingerprint density at radius 2 is 2.33 bits per heavy atom. The molecule has 0 saturated carbocycles. The maximum absolute atomic E-state index is 13.2. The minimum Gasteiger partial charge on any atom is -0.315 e. The van der Waals surface area contributed by atoms with Crippen LogP contribution in [0.2, 0.25) is 0 Å². The highest BCUT2D eigenvalue weighted by molar-refractivity contribution is 5.77. The van der Waals surface area contributed by atoms with Gasteiger partial charge in [-0.1, -0.05) is 0 Å². The first-order chi connectivity index (χ1) is 8.75. The zero-order chi connectivity index (χ0) is 12.5. The van der Waals surface area contributed by atoms with E-state index in [1.807, 2.05) is 0 Å². The molecule has 0 bridgehead atoms. The Balaban J connectivity index is 2.13. The van der Waals surface area contributed by atoms with Crippen molar-refractivity contribution in [1.29, 1.82) is 0 Å². The molecule has 1 fully saturated rings. The second kappa shape index (κ2) is 4.49. The predicted octanol–water partition coefficient (Wildman–Crippen LogP) is 1.46. The van der Waals surface area contributed by atoms with Crippen LogP contribution in [-0.4, -0.2) is 22.6 Å². The Morgan fingerprint density at radius 1 is 1.44 bits per heavy atom. The van der Waals surface area contributed by atoms with Gasteiger partial charge in [-0.15, -0.1) is 0 Å². The lowest BCUT2D eigenvalue weighted by Gasteiger charge is -2.24. The van der Waals surface area contributed by atoms with Crippen LogP contribution in [0.1, 0.15) is 18.9 Å². The first-order valence-electron chi connectivity index (χ1n) is 6.13. The third-order valence-electron chi connectivity index (χ3n) is 3.41. The van der Waals surface area contributed by atoms with Crippen molar-refractivity contribution in [3.05, 3.63) is 40.7 Å². The van der Waals surface area contributed by atoms with Crippen molar-refractivity contribution in [2.45, 2.75) is 18.9 Å². The molecule has 3 rings (SSSR count). The van der Waals surface area contributed by atoms with Crippen molar-refractivity contribution in [3.63, 3.8) is 0 Å². The van der Waals surface area contributed by atoms with Crippen LogP contribution in [0.15, 0.2) is 29.3 Å². The SMILES string of the molecule is O=c1c2cc(F)ccc2ncn1[C@@H]1CCCNC1. The van der Waals surface area contributed by atoms with E-state index in [-0.39, 0.29) is 11.6 Å². The fourth-order valence-electron chi connectivity index (χ4n) is 2.44. The van der Waals surface area contributed by atoms with E-state index in [0.29, 0.717) is 10.9 Å². The van der Waals surface area contributed by atoms with E-state index >= 15 is 0 Å². The lowest BCUT2D eigenvalue weighted by atomic mass is 10.1. The quantitative estimate of drug-likeness (QED) is 0.830. The summed E-state index contributed by atoms with van der Waals surface area (Å²) < 4.78 is 14.8. The summed E-state index contributed by atoms with van der Waals surface area (Å²) in [5, 5.41) is 3.61. The monoisotopic (exact) mass is 247 g/mol. The summed E-state index contributed by atoms with van der Waals surface area (Å²) in [6, 6.07) is 4.24. The average Bonchev–Trinajstić information content (AvgIpc) is 2.41. The van der Waals surface area contributed by atoms with Gasteiger partial charge in [0.05, 0.1) is 23.3 Å². The number of aromatic nitrogens is 2. The summed E-state index contributed by atoms with van der Waals surface area (Å²) in [5.41, 5.74) is 0.384. The minimum absolute atomic E-state index is 0.117. The molecule has 1 aromatic heterocycles. The van der Waals surface area contributed by atoms with Crippen LogP contribution in [0.4, 0.5) is 4.39 Å². The number of hydrogen-bond acceptors (Lipinski definition) is 3. The lowest BCUT2D eigenvalue weighted by Crippen LogP contribution is -2.36. The first kappa shape index (κ1) is 11.3. The molecule has 4 nitrogen and oxygen atoms in total. The second-order valence-corrected chi connectivity index (χ2v) is 4.62. The molecule has 0 aliphatic carbocycles. The molecular formula is C13H14FN3O. The van der Waals surface area contributed by atoms with Gasteiger partial charge in [0.2, 0.25) is 0 Å². The van der Waals surface area contributed by atoms with Crippen LogP contribution < -0.4 is 10.9 Å². The number of hydrogen-bond donors (Lipinski definition) is 1. The number of nitrogens with zero attached hydrogens (tertiary/aromatic N) is 2. The van der Waals surface area contributed by atoms with Crippen molar-refractivity contribution in [2.24, 2.45) is 0 Å². The van der Waals surface area contributed by atoms with Gasteiger partial charge in [-0.25, -0.2) is 9.37 Å². The van der Waals surface area contributed by atoms with Crippen LogP contribution in [-0.2, 0) is 0 Å². The molecule has 0 unspecified atom stereocenters. The molecule has 0 radical (unpaired) electrons. The summed E-state index contributed by atoms with van der Waals surface area (Å²) >= 11 is 0. The molecule has 2 heterocycles. The Hall–Kier alpha value is -1.75. The van der Waals surface area contributed by atoms with Crippen molar-refractivity contribution >= 4 is 10.9 Å². The van der Waals surface area contributed by atoms with Crippen molar-refractivity contribution < 1.29 is 4.39 Å². The topological polar surface area (TPSA) is 46.9 Å². The van der Waals surface area contributed by atoms with E-state index in [9.17, 15) is 9.18 Å². The molecule has 0 spiro atoms. The molecule has 0 amide bonds. The van der Waals surface area contributed by atoms with Gasteiger partial charge >= 0.3 is 0 Å². The predicted molar refractivity (Wildman–Crippen MR) is 67.1 cm³/mol. The Kier molecular flexibility index (Phi) is 2.83. The van der Waals surface area contributed by atoms with Crippen LogP contribution >= 0.6 is 0 Å². The zero-order valence-electron chi connectivity index (χ0n) is 9.90. The molecule has 1 saturated heterocycles. The average molecular weight is 247 g/mol. The minimum atomic E-state index is -0.402. The number of halogens is 1. The van der Waals surface area contributed by atoms with E-state index in [4.69, 9.17) is 0 Å². The highest BCUT2D eigenvalue weighted by atomic mass is 19.1. The molecule has 1 atom stereocenters. The Labute approximate surface area is 103 Å². The summed E-state index contributed by atoms with van der Waals surface area (Å²) in [7, 11) is 0. The molecule has 1 N–H and O–H groups in total. The summed E-state index contributed by atoms with van der Waals surface area (Å²) in [4.78, 5) is 16.5. The number of piperidine rings is 1. The second-order valence-electron chi connectivity index (χ2n) is 4.62. The third-order valence-corrected chi connectivity index (χ3v) is 3.41. The van der Waals surface area contributed by atoms with Gasteiger partial charge in [0.15, 0.2) is 0 Å². The molecule has 1 aliphatic heterocycles. The molecule has 5 heteroatoms. The highest BCUT2D eigenvalue weighted by Crippen LogP contribution is 2.16. The van der Waals surface area contributed by atoms with E-state index < -0.39 is 5.82 Å². The van der Waals surface area contributed by atoms with E-state index in [2.05, 4.69) is 10.3 Å². The standard InChI is InChI=1S/C13H14FN3O/c14-9-3-4-12-11(6-9)13(18)17(8-16-12)10-2-1-5-15-7-10/h3-4,6,8,10,15H,1-2,5,7H2/t10-/m1/s1. The Bertz CT molecular complexity index is 632. The zero-order valence-corrected chi connectivity index (χ0v) is 9.90. The van der Waals surface area contributed by atoms with Gasteiger partial charge in [-0.05, 0) is 37.6 Å². The summed E-state index contributed by atoms with van der Waals surface area (Å²) in [6.45, 7) is 1.75. The summed E-state index contributed by atoms with van der Waals surface area (Å²) in [6.07, 6.45) is 3.56. The normalized spacial score (nSPS) is 20.2. The van der Waals surface area contributed by atoms with Crippen LogP contribution in [0.25, 0.3) is 10.9 Å².